The maximum absolute atomic E-state index is 12.5. The quantitative estimate of drug-likeness (QED) is 0.116. The first-order chi connectivity index (χ1) is 19.4. The van der Waals surface area contributed by atoms with Gasteiger partial charge in [-0.1, -0.05) is 0 Å². The molecule has 1 aromatic carbocycles. The van der Waals surface area contributed by atoms with Gasteiger partial charge in [0.05, 0.1) is 30.5 Å². The highest BCUT2D eigenvalue weighted by molar-refractivity contribution is 6.22. The summed E-state index contributed by atoms with van der Waals surface area (Å²) in [6.45, 7) is 3.90. The zero-order valence-corrected chi connectivity index (χ0v) is 22.7. The van der Waals surface area contributed by atoms with E-state index in [9.17, 15) is 9.59 Å². The number of nitrogens with two attached hydrogens (primary N) is 1. The normalized spacial score (nSPS) is 17.8. The third kappa shape index (κ3) is 6.49. The van der Waals surface area contributed by atoms with E-state index in [0.29, 0.717) is 29.8 Å². The molecule has 1 saturated heterocycles. The fourth-order valence-electron chi connectivity index (χ4n) is 4.72. The number of nitrogens with zero attached hydrogens (tertiary/aromatic N) is 2. The van der Waals surface area contributed by atoms with Crippen LogP contribution in [-0.2, 0) is 14.3 Å². The summed E-state index contributed by atoms with van der Waals surface area (Å²) in [5.41, 5.74) is 6.48. The molecule has 1 spiro atoms. The van der Waals surface area contributed by atoms with Crippen molar-refractivity contribution in [2.75, 3.05) is 32.1 Å². The molecule has 1 saturated carbocycles. The van der Waals surface area contributed by atoms with E-state index in [4.69, 9.17) is 19.9 Å². The highest BCUT2D eigenvalue weighted by atomic mass is 16.5. The molecule has 1 aliphatic heterocycles. The van der Waals surface area contributed by atoms with Gasteiger partial charge in [0, 0.05) is 36.4 Å². The molecule has 1 unspecified atom stereocenters. The highest BCUT2D eigenvalue weighted by Gasteiger charge is 2.49. The number of benzene rings is 1. The Morgan fingerprint density at radius 1 is 1.15 bits per heavy atom. The van der Waals surface area contributed by atoms with Crippen molar-refractivity contribution >= 4 is 28.5 Å². The van der Waals surface area contributed by atoms with Crippen LogP contribution in [0, 0.1) is 0 Å². The Morgan fingerprint density at radius 2 is 1.98 bits per heavy atom. The van der Waals surface area contributed by atoms with Crippen LogP contribution in [0.1, 0.15) is 32.6 Å². The molecule has 0 bridgehead atoms. The van der Waals surface area contributed by atoms with Gasteiger partial charge in [0.15, 0.2) is 0 Å². The average molecular weight is 547 g/mol. The van der Waals surface area contributed by atoms with E-state index < -0.39 is 11.8 Å². The molecule has 3 aromatic rings. The highest BCUT2D eigenvalue weighted by Crippen LogP contribution is 2.47. The molecular formula is C29H34N6O5. The van der Waals surface area contributed by atoms with Crippen molar-refractivity contribution in [2.45, 2.75) is 44.2 Å². The van der Waals surface area contributed by atoms with Crippen molar-refractivity contribution in [3.8, 4) is 17.2 Å². The number of fused-ring (bicyclic) bond motifs is 1. The number of hydrogen-bond donors (Lipinski definition) is 4. The van der Waals surface area contributed by atoms with Crippen molar-refractivity contribution in [1.29, 1.82) is 0 Å². The number of allylic oxidation sites excluding steroid dienone is 1. The van der Waals surface area contributed by atoms with Crippen LogP contribution in [0.3, 0.4) is 0 Å². The number of amides is 2. The monoisotopic (exact) mass is 546 g/mol. The molecule has 1 aliphatic carbocycles. The minimum atomic E-state index is -0.833. The molecule has 2 fully saturated rings. The summed E-state index contributed by atoms with van der Waals surface area (Å²) in [6.07, 6.45) is 7.58. The smallest absolute Gasteiger partial charge is 0.264 e. The number of aromatic nitrogens is 2. The summed E-state index contributed by atoms with van der Waals surface area (Å²) in [5, 5.41) is 9.72. The molecule has 40 heavy (non-hydrogen) atoms. The van der Waals surface area contributed by atoms with Crippen molar-refractivity contribution in [2.24, 2.45) is 5.73 Å². The van der Waals surface area contributed by atoms with Crippen molar-refractivity contribution in [1.82, 2.24) is 20.6 Å². The molecule has 210 valence electrons. The topological polar surface area (TPSA) is 150 Å². The van der Waals surface area contributed by atoms with Crippen LogP contribution in [0.15, 0.2) is 60.1 Å². The van der Waals surface area contributed by atoms with Gasteiger partial charge >= 0.3 is 0 Å². The standard InChI is InChI=1S/C29H34N6O5/c1-18(31-2)26(27(30)36)28(37)35-25-7-5-21(16-34-25)40-24-8-12-33-23-14-20(4-6-22(23)24)38-13-3-11-32-19-15-29(9-10-29)39-17-19/h4-8,12,14,16,19,31-32H,3,9-11,13,15,17H2,1-2H3,(H2,30,36)(H,34,35,37)/b26-18+. The zero-order valence-electron chi connectivity index (χ0n) is 22.7. The van der Waals surface area contributed by atoms with E-state index in [1.165, 1.54) is 19.0 Å². The van der Waals surface area contributed by atoms with E-state index in [-0.39, 0.29) is 17.0 Å². The van der Waals surface area contributed by atoms with Gasteiger partial charge in [-0.05, 0) is 69.5 Å². The number of carbonyl (C=O) groups is 2. The Bertz CT molecular complexity index is 1420. The minimum Gasteiger partial charge on any atom is -0.493 e. The summed E-state index contributed by atoms with van der Waals surface area (Å²) >= 11 is 0. The fourth-order valence-corrected chi connectivity index (χ4v) is 4.72. The minimum absolute atomic E-state index is 0.168. The van der Waals surface area contributed by atoms with Crippen LogP contribution in [0.2, 0.25) is 0 Å². The summed E-state index contributed by atoms with van der Waals surface area (Å²) < 4.78 is 17.9. The van der Waals surface area contributed by atoms with Crippen LogP contribution in [-0.4, -0.2) is 60.2 Å². The fraction of sp³-hybridized carbons (Fsp3) is 0.379. The van der Waals surface area contributed by atoms with E-state index in [1.54, 1.807) is 38.4 Å². The number of rotatable bonds is 12. The molecule has 11 nitrogen and oxygen atoms in total. The third-order valence-electron chi connectivity index (χ3n) is 7.14. The molecule has 11 heteroatoms. The van der Waals surface area contributed by atoms with Crippen LogP contribution in [0.5, 0.6) is 17.2 Å². The first-order valence-corrected chi connectivity index (χ1v) is 13.4. The van der Waals surface area contributed by atoms with E-state index in [0.717, 1.165) is 42.6 Å². The predicted octanol–water partition coefficient (Wildman–Crippen LogP) is 3.02. The molecule has 2 aromatic heterocycles. The van der Waals surface area contributed by atoms with Crippen molar-refractivity contribution in [3.05, 3.63) is 60.1 Å². The lowest BCUT2D eigenvalue weighted by Crippen LogP contribution is -2.31. The summed E-state index contributed by atoms with van der Waals surface area (Å²) in [6, 6.07) is 11.2. The van der Waals surface area contributed by atoms with E-state index in [2.05, 4.69) is 25.9 Å². The van der Waals surface area contributed by atoms with E-state index in [1.807, 2.05) is 18.2 Å². The lowest BCUT2D eigenvalue weighted by molar-refractivity contribution is -0.119. The van der Waals surface area contributed by atoms with Gasteiger partial charge in [0.1, 0.15) is 28.6 Å². The Kier molecular flexibility index (Phi) is 8.13. The van der Waals surface area contributed by atoms with Gasteiger partial charge in [-0.2, -0.15) is 0 Å². The SMILES string of the molecule is CN/C(C)=C(\C(N)=O)C(=O)Nc1ccc(Oc2ccnc3cc(OCCCNC4COC5(CC5)C4)ccc23)cn1. The number of carbonyl (C=O) groups excluding carboxylic acids is 2. The van der Waals surface area contributed by atoms with Gasteiger partial charge in [-0.3, -0.25) is 14.6 Å². The van der Waals surface area contributed by atoms with E-state index >= 15 is 0 Å². The number of nitrogens with one attached hydrogen (secondary N) is 3. The van der Waals surface area contributed by atoms with Crippen LogP contribution >= 0.6 is 0 Å². The molecule has 0 radical (unpaired) electrons. The first-order valence-electron chi connectivity index (χ1n) is 13.4. The Balaban J connectivity index is 1.14. The summed E-state index contributed by atoms with van der Waals surface area (Å²) in [4.78, 5) is 32.8. The second kappa shape index (κ2) is 11.9. The Labute approximate surface area is 232 Å². The number of hydrogen-bond acceptors (Lipinski definition) is 9. The average Bonchev–Trinajstić information content (AvgIpc) is 3.59. The van der Waals surface area contributed by atoms with Crippen LogP contribution in [0.4, 0.5) is 5.82 Å². The predicted molar refractivity (Wildman–Crippen MR) is 150 cm³/mol. The number of ether oxygens (including phenoxy) is 3. The number of pyridine rings is 2. The largest absolute Gasteiger partial charge is 0.493 e. The molecule has 5 N–H and O–H groups in total. The Hall–Kier alpha value is -4.22. The Morgan fingerprint density at radius 3 is 2.67 bits per heavy atom. The second-order valence-electron chi connectivity index (χ2n) is 10.1. The molecule has 1 atom stereocenters. The van der Waals surface area contributed by atoms with Crippen LogP contribution < -0.4 is 31.2 Å². The number of anilines is 1. The summed E-state index contributed by atoms with van der Waals surface area (Å²) in [5.74, 6) is 0.592. The van der Waals surface area contributed by atoms with Gasteiger partial charge < -0.3 is 35.9 Å². The first kappa shape index (κ1) is 27.4. The van der Waals surface area contributed by atoms with Crippen molar-refractivity contribution in [3.63, 3.8) is 0 Å². The van der Waals surface area contributed by atoms with Crippen LogP contribution in [0.25, 0.3) is 10.9 Å². The maximum Gasteiger partial charge on any atom is 0.264 e. The van der Waals surface area contributed by atoms with Gasteiger partial charge in [0.2, 0.25) is 0 Å². The van der Waals surface area contributed by atoms with Gasteiger partial charge in [-0.15, -0.1) is 0 Å². The molecular weight excluding hydrogens is 512 g/mol. The molecule has 5 rings (SSSR count). The lowest BCUT2D eigenvalue weighted by Gasteiger charge is -2.12. The van der Waals surface area contributed by atoms with Crippen molar-refractivity contribution < 1.29 is 23.8 Å². The third-order valence-corrected chi connectivity index (χ3v) is 7.14. The molecule has 2 amide bonds. The summed E-state index contributed by atoms with van der Waals surface area (Å²) in [7, 11) is 1.60. The second-order valence-corrected chi connectivity index (χ2v) is 10.1. The molecule has 3 heterocycles. The van der Waals surface area contributed by atoms with Gasteiger partial charge in [0.25, 0.3) is 11.8 Å². The lowest BCUT2D eigenvalue weighted by atomic mass is 10.1. The maximum atomic E-state index is 12.5. The van der Waals surface area contributed by atoms with Gasteiger partial charge in [-0.25, -0.2) is 4.98 Å². The molecule has 2 aliphatic rings. The number of primary amides is 1. The zero-order chi connectivity index (χ0) is 28.1.